The first-order valence-electron chi connectivity index (χ1n) is 14.0. The lowest BCUT2D eigenvalue weighted by Gasteiger charge is -2.29. The van der Waals surface area contributed by atoms with E-state index in [1.54, 1.807) is 30.3 Å². The Balaban J connectivity index is 2.04. The molecule has 0 heterocycles. The highest BCUT2D eigenvalue weighted by Gasteiger charge is 2.36. The molecule has 12 heteroatoms. The third-order valence-corrected chi connectivity index (χ3v) is 9.90. The Kier molecular flexibility index (Phi) is 13.4. The number of nitrogens with one attached hydrogen (secondary N) is 2. The van der Waals surface area contributed by atoms with Crippen LogP contribution in [0.1, 0.15) is 64.9 Å². The van der Waals surface area contributed by atoms with Gasteiger partial charge in [-0.1, -0.05) is 69.5 Å². The van der Waals surface area contributed by atoms with Gasteiger partial charge < -0.3 is 10.4 Å². The van der Waals surface area contributed by atoms with E-state index in [4.69, 9.17) is 0 Å². The monoisotopic (exact) mass is 609 g/mol. The number of carbonyl (C=O) groups excluding carboxylic acids is 1. The Morgan fingerprint density at radius 1 is 0.878 bits per heavy atom. The molecule has 10 nitrogen and oxygen atoms in total. The SMILES string of the molecule is CCCC[C@H](NS(=O)(=O)c1ccccc1)C(=O)NCCCC[C@@H](C(=O)O)N(CC(C)C)S(=O)(=O)c1ccc(C)cc1. The summed E-state index contributed by atoms with van der Waals surface area (Å²) >= 11 is 0. The minimum absolute atomic E-state index is 0.0401. The van der Waals surface area contributed by atoms with Gasteiger partial charge in [0.2, 0.25) is 26.0 Å². The third kappa shape index (κ3) is 10.5. The molecule has 41 heavy (non-hydrogen) atoms. The topological polar surface area (TPSA) is 150 Å². The first-order chi connectivity index (χ1) is 19.3. The summed E-state index contributed by atoms with van der Waals surface area (Å²) in [6.45, 7) is 7.67. The van der Waals surface area contributed by atoms with Crippen LogP contribution < -0.4 is 10.0 Å². The van der Waals surface area contributed by atoms with Gasteiger partial charge >= 0.3 is 5.97 Å². The Bertz CT molecular complexity index is 1330. The molecule has 0 bridgehead atoms. The van der Waals surface area contributed by atoms with Crippen molar-refractivity contribution in [1.82, 2.24) is 14.3 Å². The summed E-state index contributed by atoms with van der Waals surface area (Å²) in [6.07, 6.45) is 2.55. The van der Waals surface area contributed by atoms with E-state index in [9.17, 15) is 31.5 Å². The van der Waals surface area contributed by atoms with E-state index < -0.39 is 44.0 Å². The Labute approximate surface area is 244 Å². The molecule has 0 saturated carbocycles. The fourth-order valence-electron chi connectivity index (χ4n) is 4.29. The van der Waals surface area contributed by atoms with E-state index >= 15 is 0 Å². The average molecular weight is 610 g/mol. The maximum Gasteiger partial charge on any atom is 0.322 e. The zero-order valence-electron chi connectivity index (χ0n) is 24.2. The number of amides is 1. The van der Waals surface area contributed by atoms with Crippen LogP contribution in [0.2, 0.25) is 0 Å². The largest absolute Gasteiger partial charge is 0.480 e. The highest BCUT2D eigenvalue weighted by molar-refractivity contribution is 7.89. The molecule has 2 atom stereocenters. The zero-order chi connectivity index (χ0) is 30.6. The second kappa shape index (κ2) is 16.0. The normalized spacial score (nSPS) is 13.7. The number of aliphatic carboxylic acids is 1. The van der Waals surface area contributed by atoms with Crippen LogP contribution in [-0.4, -0.2) is 63.3 Å². The van der Waals surface area contributed by atoms with Crippen LogP contribution in [0.5, 0.6) is 0 Å². The molecule has 2 rings (SSSR count). The third-order valence-electron chi connectivity index (χ3n) is 6.52. The average Bonchev–Trinajstić information content (AvgIpc) is 2.92. The fraction of sp³-hybridized carbons (Fsp3) is 0.517. The number of hydrogen-bond acceptors (Lipinski definition) is 6. The lowest BCUT2D eigenvalue weighted by Crippen LogP contribution is -2.47. The van der Waals surface area contributed by atoms with Crippen molar-refractivity contribution in [2.45, 2.75) is 88.1 Å². The van der Waals surface area contributed by atoms with Crippen molar-refractivity contribution in [2.75, 3.05) is 13.1 Å². The predicted octanol–water partition coefficient (Wildman–Crippen LogP) is 3.92. The Morgan fingerprint density at radius 2 is 1.51 bits per heavy atom. The van der Waals surface area contributed by atoms with Crippen molar-refractivity contribution in [1.29, 1.82) is 0 Å². The first-order valence-corrected chi connectivity index (χ1v) is 16.9. The van der Waals surface area contributed by atoms with Gasteiger partial charge in [-0.05, 0) is 62.8 Å². The van der Waals surface area contributed by atoms with Gasteiger partial charge in [-0.3, -0.25) is 9.59 Å². The predicted molar refractivity (Wildman–Crippen MR) is 158 cm³/mol. The molecule has 0 aliphatic carbocycles. The molecular formula is C29H43N3O7S2. The summed E-state index contributed by atoms with van der Waals surface area (Å²) in [6, 6.07) is 11.9. The highest BCUT2D eigenvalue weighted by atomic mass is 32.2. The van der Waals surface area contributed by atoms with E-state index in [1.165, 1.54) is 24.3 Å². The van der Waals surface area contributed by atoms with Crippen molar-refractivity contribution < 1.29 is 31.5 Å². The molecule has 228 valence electrons. The lowest BCUT2D eigenvalue weighted by atomic mass is 10.1. The highest BCUT2D eigenvalue weighted by Crippen LogP contribution is 2.23. The van der Waals surface area contributed by atoms with Crippen molar-refractivity contribution >= 4 is 31.9 Å². The number of nitrogens with zero attached hydrogens (tertiary/aromatic N) is 1. The number of carbonyl (C=O) groups is 2. The smallest absolute Gasteiger partial charge is 0.322 e. The molecule has 0 aliphatic heterocycles. The van der Waals surface area contributed by atoms with Crippen LogP contribution in [0.3, 0.4) is 0 Å². The van der Waals surface area contributed by atoms with Crippen molar-refractivity contribution in [3.05, 3.63) is 60.2 Å². The van der Waals surface area contributed by atoms with Gasteiger partial charge in [-0.25, -0.2) is 16.8 Å². The number of unbranched alkanes of at least 4 members (excludes halogenated alkanes) is 2. The number of carboxylic acid groups (broad SMARTS) is 1. The standard InChI is InChI=1S/C29H43N3O7S2/c1-5-6-14-26(31-40(36,37)24-12-8-7-9-13-24)28(33)30-20-11-10-15-27(29(34)35)32(21-22(2)3)41(38,39)25-18-16-23(4)17-19-25/h7-9,12-13,16-19,22,26-27,31H,5-6,10-11,14-15,20-21H2,1-4H3,(H,30,33)(H,34,35)/t26-,27-/m0/s1. The first kappa shape index (κ1) is 34.4. The van der Waals surface area contributed by atoms with Crippen molar-refractivity contribution in [3.8, 4) is 0 Å². The van der Waals surface area contributed by atoms with E-state index in [0.29, 0.717) is 25.7 Å². The summed E-state index contributed by atoms with van der Waals surface area (Å²) in [4.78, 5) is 25.2. The zero-order valence-corrected chi connectivity index (χ0v) is 25.9. The van der Waals surface area contributed by atoms with E-state index in [1.807, 2.05) is 27.7 Å². The van der Waals surface area contributed by atoms with Crippen molar-refractivity contribution in [3.63, 3.8) is 0 Å². The van der Waals surface area contributed by atoms with Crippen LogP contribution in [-0.2, 0) is 29.6 Å². The molecule has 0 unspecified atom stereocenters. The number of sulfonamides is 2. The van der Waals surface area contributed by atoms with Gasteiger partial charge in [0.05, 0.1) is 9.79 Å². The maximum absolute atomic E-state index is 13.4. The van der Waals surface area contributed by atoms with E-state index in [-0.39, 0.29) is 35.2 Å². The van der Waals surface area contributed by atoms with Crippen molar-refractivity contribution in [2.24, 2.45) is 5.92 Å². The number of aryl methyl sites for hydroxylation is 1. The lowest BCUT2D eigenvalue weighted by molar-refractivity contribution is -0.142. The molecule has 3 N–H and O–H groups in total. The van der Waals surface area contributed by atoms with Gasteiger partial charge in [-0.2, -0.15) is 9.03 Å². The Hall–Kier alpha value is -2.80. The van der Waals surface area contributed by atoms with Crippen LogP contribution in [0.25, 0.3) is 0 Å². The molecule has 0 saturated heterocycles. The minimum atomic E-state index is -4.06. The summed E-state index contributed by atoms with van der Waals surface area (Å²) in [5, 5.41) is 12.7. The number of hydrogen-bond donors (Lipinski definition) is 3. The minimum Gasteiger partial charge on any atom is -0.480 e. The molecule has 2 aromatic rings. The quantitative estimate of drug-likeness (QED) is 0.217. The second-order valence-corrected chi connectivity index (χ2v) is 14.2. The second-order valence-electron chi connectivity index (χ2n) is 10.6. The fourth-order valence-corrected chi connectivity index (χ4v) is 7.32. The Morgan fingerprint density at radius 3 is 2.07 bits per heavy atom. The molecule has 0 fully saturated rings. The maximum atomic E-state index is 13.4. The molecule has 2 aromatic carbocycles. The van der Waals surface area contributed by atoms with Crippen LogP contribution in [0, 0.1) is 12.8 Å². The molecule has 0 aliphatic rings. The van der Waals surface area contributed by atoms with Gasteiger partial charge in [0.25, 0.3) is 0 Å². The van der Waals surface area contributed by atoms with E-state index in [0.717, 1.165) is 16.3 Å². The van der Waals surface area contributed by atoms with Gasteiger partial charge in [0, 0.05) is 13.1 Å². The molecular weight excluding hydrogens is 566 g/mol. The molecule has 0 aromatic heterocycles. The number of carboxylic acids is 1. The molecule has 0 radical (unpaired) electrons. The van der Waals surface area contributed by atoms with Gasteiger partial charge in [0.1, 0.15) is 12.1 Å². The van der Waals surface area contributed by atoms with Crippen LogP contribution >= 0.6 is 0 Å². The summed E-state index contributed by atoms with van der Waals surface area (Å²) < 4.78 is 55.9. The summed E-state index contributed by atoms with van der Waals surface area (Å²) in [5.41, 5.74) is 0.890. The van der Waals surface area contributed by atoms with E-state index in [2.05, 4.69) is 10.0 Å². The molecule has 0 spiro atoms. The van der Waals surface area contributed by atoms with Crippen LogP contribution in [0.15, 0.2) is 64.4 Å². The molecule has 1 amide bonds. The number of benzene rings is 2. The van der Waals surface area contributed by atoms with Crippen LogP contribution in [0.4, 0.5) is 0 Å². The summed E-state index contributed by atoms with van der Waals surface area (Å²) in [7, 11) is -7.94. The number of rotatable bonds is 18. The van der Waals surface area contributed by atoms with Gasteiger partial charge in [-0.15, -0.1) is 0 Å². The van der Waals surface area contributed by atoms with Gasteiger partial charge in [0.15, 0.2) is 0 Å². The summed E-state index contributed by atoms with van der Waals surface area (Å²) in [5.74, 6) is -1.80.